The molecule has 2 aromatic carbocycles. The number of methoxy groups -OCH3 is 1. The Kier molecular flexibility index (Phi) is 5.82. The highest BCUT2D eigenvalue weighted by Crippen LogP contribution is 2.31. The summed E-state index contributed by atoms with van der Waals surface area (Å²) >= 11 is 12.1. The summed E-state index contributed by atoms with van der Waals surface area (Å²) in [6, 6.07) is 12.2. The number of hydrogen-bond acceptors (Lipinski definition) is 4. The fourth-order valence-corrected chi connectivity index (χ4v) is 3.12. The summed E-state index contributed by atoms with van der Waals surface area (Å²) in [7, 11) is 4.51. The Morgan fingerprint density at radius 3 is 2.46 bits per heavy atom. The van der Waals surface area contributed by atoms with Crippen molar-refractivity contribution >= 4 is 46.2 Å². The van der Waals surface area contributed by atoms with Gasteiger partial charge in [-0.15, -0.1) is 0 Å². The van der Waals surface area contributed by atoms with Crippen molar-refractivity contribution in [1.29, 1.82) is 0 Å². The second-order valence-electron chi connectivity index (χ2n) is 6.31. The summed E-state index contributed by atoms with van der Waals surface area (Å²) in [6.07, 6.45) is -0.510. The van der Waals surface area contributed by atoms with Gasteiger partial charge >= 0.3 is 12.1 Å². The highest BCUT2D eigenvalue weighted by molar-refractivity contribution is 6.42. The predicted octanol–water partition coefficient (Wildman–Crippen LogP) is 4.84. The molecule has 146 valence electrons. The second kappa shape index (κ2) is 8.12. The van der Waals surface area contributed by atoms with Crippen molar-refractivity contribution in [3.8, 4) is 5.75 Å². The number of amides is 1. The van der Waals surface area contributed by atoms with Crippen LogP contribution in [0.3, 0.4) is 0 Å². The Bertz CT molecular complexity index is 1060. The number of rotatable bonds is 4. The Balaban J connectivity index is 2.12. The van der Waals surface area contributed by atoms with Gasteiger partial charge in [-0.05, 0) is 35.9 Å². The van der Waals surface area contributed by atoms with E-state index in [1.54, 1.807) is 49.0 Å². The van der Waals surface area contributed by atoms with Gasteiger partial charge in [0.25, 0.3) is 0 Å². The van der Waals surface area contributed by atoms with E-state index < -0.39 is 12.1 Å². The van der Waals surface area contributed by atoms with Crippen LogP contribution in [0.4, 0.5) is 4.79 Å². The molecule has 6 nitrogen and oxygen atoms in total. The van der Waals surface area contributed by atoms with Crippen molar-refractivity contribution in [2.75, 3.05) is 21.2 Å². The van der Waals surface area contributed by atoms with Crippen LogP contribution in [0.2, 0.25) is 10.0 Å². The van der Waals surface area contributed by atoms with Gasteiger partial charge in [-0.25, -0.2) is 9.59 Å². The maximum absolute atomic E-state index is 12.4. The molecular formula is C20H18Cl2N2O4. The maximum atomic E-state index is 12.4. The van der Waals surface area contributed by atoms with Crippen molar-refractivity contribution < 1.29 is 19.1 Å². The Morgan fingerprint density at radius 2 is 1.82 bits per heavy atom. The zero-order valence-corrected chi connectivity index (χ0v) is 17.0. The minimum Gasteiger partial charge on any atom is -0.464 e. The molecule has 0 N–H and O–H groups in total. The molecule has 1 amide bonds. The number of halogens is 2. The Morgan fingerprint density at radius 1 is 1.07 bits per heavy atom. The summed E-state index contributed by atoms with van der Waals surface area (Å²) in [6.45, 7) is 0.357. The maximum Gasteiger partial charge on any atom is 0.414 e. The van der Waals surface area contributed by atoms with Gasteiger partial charge in [-0.3, -0.25) is 0 Å². The molecule has 0 radical (unpaired) electrons. The average Bonchev–Trinajstić information content (AvgIpc) is 3.03. The molecule has 3 rings (SSSR count). The fourth-order valence-electron chi connectivity index (χ4n) is 2.80. The Hall–Kier alpha value is -2.70. The van der Waals surface area contributed by atoms with Crippen LogP contribution in [0, 0.1) is 0 Å². The number of benzene rings is 2. The Labute approximate surface area is 172 Å². The first-order chi connectivity index (χ1) is 13.3. The quantitative estimate of drug-likeness (QED) is 0.566. The molecule has 0 aliphatic heterocycles. The molecule has 1 aromatic heterocycles. The van der Waals surface area contributed by atoms with Crippen molar-refractivity contribution in [1.82, 2.24) is 9.47 Å². The molecule has 3 aromatic rings. The fraction of sp³-hybridized carbons (Fsp3) is 0.200. The molecular weight excluding hydrogens is 403 g/mol. The first-order valence-corrected chi connectivity index (χ1v) is 9.11. The van der Waals surface area contributed by atoms with Crippen LogP contribution in [-0.4, -0.2) is 42.7 Å². The van der Waals surface area contributed by atoms with E-state index in [0.717, 1.165) is 11.1 Å². The molecule has 0 unspecified atom stereocenters. The zero-order chi connectivity index (χ0) is 20.4. The first kappa shape index (κ1) is 20.0. The lowest BCUT2D eigenvalue weighted by molar-refractivity contribution is 0.0589. The van der Waals surface area contributed by atoms with Gasteiger partial charge in [0.1, 0.15) is 11.4 Å². The first-order valence-electron chi connectivity index (χ1n) is 8.35. The molecule has 0 bridgehead atoms. The van der Waals surface area contributed by atoms with Crippen molar-refractivity contribution in [3.05, 3.63) is 63.8 Å². The molecule has 28 heavy (non-hydrogen) atoms. The van der Waals surface area contributed by atoms with Crippen LogP contribution in [0.25, 0.3) is 10.9 Å². The smallest absolute Gasteiger partial charge is 0.414 e. The van der Waals surface area contributed by atoms with E-state index in [2.05, 4.69) is 0 Å². The summed E-state index contributed by atoms with van der Waals surface area (Å²) in [5, 5.41) is 1.50. The van der Waals surface area contributed by atoms with Gasteiger partial charge in [0.2, 0.25) is 0 Å². The normalized spacial score (nSPS) is 10.8. The van der Waals surface area contributed by atoms with E-state index in [9.17, 15) is 9.59 Å². The number of carbonyl (C=O) groups is 2. The van der Waals surface area contributed by atoms with Crippen LogP contribution in [-0.2, 0) is 11.3 Å². The molecule has 8 heteroatoms. The minimum absolute atomic E-state index is 0.330. The van der Waals surface area contributed by atoms with E-state index in [-0.39, 0.29) is 0 Å². The minimum atomic E-state index is -0.510. The van der Waals surface area contributed by atoms with Gasteiger partial charge in [0.05, 0.1) is 22.7 Å². The van der Waals surface area contributed by atoms with Crippen LogP contribution in [0.5, 0.6) is 5.75 Å². The monoisotopic (exact) mass is 420 g/mol. The van der Waals surface area contributed by atoms with Crippen molar-refractivity contribution in [2.24, 2.45) is 0 Å². The lowest BCUT2D eigenvalue weighted by Crippen LogP contribution is -2.25. The van der Waals surface area contributed by atoms with Crippen LogP contribution < -0.4 is 4.74 Å². The van der Waals surface area contributed by atoms with Gasteiger partial charge in [-0.1, -0.05) is 35.3 Å². The highest BCUT2D eigenvalue weighted by atomic mass is 35.5. The van der Waals surface area contributed by atoms with Gasteiger partial charge in [0.15, 0.2) is 0 Å². The number of fused-ring (bicyclic) bond motifs is 1. The molecule has 0 atom stereocenters. The third kappa shape index (κ3) is 3.93. The number of aromatic nitrogens is 1. The SMILES string of the molecule is COC(=O)c1cc2c(OC(=O)N(C)C)cccc2n1Cc1ccc(Cl)c(Cl)c1. The molecule has 0 fully saturated rings. The molecule has 0 saturated heterocycles. The van der Waals surface area contributed by atoms with Gasteiger partial charge in [0, 0.05) is 26.0 Å². The van der Waals surface area contributed by atoms with Crippen molar-refractivity contribution in [2.45, 2.75) is 6.54 Å². The molecule has 1 heterocycles. The number of esters is 1. The number of ether oxygens (including phenoxy) is 2. The molecule has 0 aliphatic rings. The molecule has 0 saturated carbocycles. The summed E-state index contributed by atoms with van der Waals surface area (Å²) in [4.78, 5) is 25.7. The summed E-state index contributed by atoms with van der Waals surface area (Å²) in [5.41, 5.74) is 1.90. The van der Waals surface area contributed by atoms with E-state index in [4.69, 9.17) is 32.7 Å². The predicted molar refractivity (Wildman–Crippen MR) is 109 cm³/mol. The standard InChI is InChI=1S/C20H18Cl2N2O4/c1-23(2)20(26)28-18-6-4-5-16-13(18)10-17(19(25)27-3)24(16)11-12-7-8-14(21)15(22)9-12/h4-10H,11H2,1-3H3. The number of hydrogen-bond donors (Lipinski definition) is 0. The van der Waals surface area contributed by atoms with E-state index in [0.29, 0.717) is 33.4 Å². The third-order valence-corrected chi connectivity index (χ3v) is 4.93. The summed E-state index contributed by atoms with van der Waals surface area (Å²) < 4.78 is 12.1. The van der Waals surface area contributed by atoms with Gasteiger partial charge < -0.3 is 18.9 Å². The zero-order valence-electron chi connectivity index (χ0n) is 15.5. The largest absolute Gasteiger partial charge is 0.464 e. The average molecular weight is 421 g/mol. The van der Waals surface area contributed by atoms with Crippen LogP contribution in [0.15, 0.2) is 42.5 Å². The molecule has 0 aliphatic carbocycles. The number of nitrogens with zero attached hydrogens (tertiary/aromatic N) is 2. The highest BCUT2D eigenvalue weighted by Gasteiger charge is 2.20. The van der Waals surface area contributed by atoms with E-state index in [1.165, 1.54) is 12.0 Å². The van der Waals surface area contributed by atoms with Crippen LogP contribution >= 0.6 is 23.2 Å². The van der Waals surface area contributed by atoms with Crippen LogP contribution in [0.1, 0.15) is 16.1 Å². The van der Waals surface area contributed by atoms with E-state index >= 15 is 0 Å². The topological polar surface area (TPSA) is 60.8 Å². The van der Waals surface area contributed by atoms with E-state index in [1.807, 2.05) is 12.1 Å². The molecule has 0 spiro atoms. The van der Waals surface area contributed by atoms with Crippen molar-refractivity contribution in [3.63, 3.8) is 0 Å². The van der Waals surface area contributed by atoms with Gasteiger partial charge in [-0.2, -0.15) is 0 Å². The second-order valence-corrected chi connectivity index (χ2v) is 7.12. The lowest BCUT2D eigenvalue weighted by Gasteiger charge is -2.12. The third-order valence-electron chi connectivity index (χ3n) is 4.19. The lowest BCUT2D eigenvalue weighted by atomic mass is 10.2. The summed E-state index contributed by atoms with van der Waals surface area (Å²) in [5.74, 6) is -0.143. The number of carbonyl (C=O) groups excluding carboxylic acids is 2.